The number of nitrogens with one attached hydrogen (secondary N) is 4. The quantitative estimate of drug-likeness (QED) is 0.556. The van der Waals surface area contributed by atoms with Gasteiger partial charge in [-0.1, -0.05) is 6.07 Å². The van der Waals surface area contributed by atoms with Crippen LogP contribution in [-0.4, -0.2) is 44.0 Å². The standard InChI is InChI=1S/C15H19FN4O3/c1-20(9-14(22)19-15(23)18-11-5-6-11)8-13(21)17-12-4-2-3-10(16)7-12/h2-4,7,11H,5-6,8-9H2,1H3,(H,17,21)(H2,18,19,22,23)/p+1. The zero-order valence-electron chi connectivity index (χ0n) is 12.8. The van der Waals surface area contributed by atoms with Crippen molar-refractivity contribution in [1.29, 1.82) is 0 Å². The van der Waals surface area contributed by atoms with Gasteiger partial charge in [-0.3, -0.25) is 14.9 Å². The molecule has 0 aromatic heterocycles. The second-order valence-electron chi connectivity index (χ2n) is 5.67. The minimum Gasteiger partial charge on any atom is -0.335 e. The first-order chi connectivity index (χ1) is 10.9. The van der Waals surface area contributed by atoms with Gasteiger partial charge in [-0.25, -0.2) is 9.18 Å². The summed E-state index contributed by atoms with van der Waals surface area (Å²) in [5.41, 5.74) is 0.357. The van der Waals surface area contributed by atoms with Gasteiger partial charge < -0.3 is 15.5 Å². The van der Waals surface area contributed by atoms with Crippen molar-refractivity contribution >= 4 is 23.5 Å². The molecule has 1 fully saturated rings. The van der Waals surface area contributed by atoms with Gasteiger partial charge >= 0.3 is 6.03 Å². The van der Waals surface area contributed by atoms with Crippen LogP contribution in [0.25, 0.3) is 0 Å². The number of benzene rings is 1. The maximum Gasteiger partial charge on any atom is 0.321 e. The first-order valence-corrected chi connectivity index (χ1v) is 7.39. The summed E-state index contributed by atoms with van der Waals surface area (Å²) in [6, 6.07) is 5.23. The minimum atomic E-state index is -0.505. The van der Waals surface area contributed by atoms with E-state index in [0.717, 1.165) is 12.8 Å². The number of urea groups is 1. The molecule has 0 aliphatic heterocycles. The molecule has 0 spiro atoms. The first kappa shape index (κ1) is 16.9. The molecule has 4 amide bonds. The van der Waals surface area contributed by atoms with Gasteiger partial charge in [0.05, 0.1) is 7.05 Å². The van der Waals surface area contributed by atoms with Crippen molar-refractivity contribution in [3.8, 4) is 0 Å². The van der Waals surface area contributed by atoms with E-state index in [2.05, 4.69) is 16.0 Å². The number of carbonyl (C=O) groups is 3. The van der Waals surface area contributed by atoms with Gasteiger partial charge in [0.2, 0.25) is 0 Å². The highest BCUT2D eigenvalue weighted by molar-refractivity contribution is 5.95. The molecule has 1 aliphatic carbocycles. The minimum absolute atomic E-state index is 0.0192. The number of hydrogen-bond donors (Lipinski definition) is 4. The fourth-order valence-corrected chi connectivity index (χ4v) is 2.00. The third-order valence-electron chi connectivity index (χ3n) is 3.20. The van der Waals surface area contributed by atoms with Gasteiger partial charge in [-0.2, -0.15) is 0 Å². The van der Waals surface area contributed by atoms with E-state index in [4.69, 9.17) is 0 Å². The fourth-order valence-electron chi connectivity index (χ4n) is 2.00. The summed E-state index contributed by atoms with van der Waals surface area (Å²) in [6.45, 7) is 0.00281. The molecule has 0 bridgehead atoms. The highest BCUT2D eigenvalue weighted by atomic mass is 19.1. The molecule has 1 unspecified atom stereocenters. The lowest BCUT2D eigenvalue weighted by Gasteiger charge is -2.13. The van der Waals surface area contributed by atoms with Gasteiger partial charge in [-0.05, 0) is 31.0 Å². The van der Waals surface area contributed by atoms with Crippen molar-refractivity contribution in [2.75, 3.05) is 25.5 Å². The van der Waals surface area contributed by atoms with Crippen molar-refractivity contribution in [3.05, 3.63) is 30.1 Å². The Morgan fingerprint density at radius 2 is 1.91 bits per heavy atom. The van der Waals surface area contributed by atoms with Gasteiger partial charge in [0.25, 0.3) is 11.8 Å². The highest BCUT2D eigenvalue weighted by Gasteiger charge is 2.24. The number of amides is 4. The van der Waals surface area contributed by atoms with E-state index in [-0.39, 0.29) is 25.0 Å². The van der Waals surface area contributed by atoms with E-state index in [9.17, 15) is 18.8 Å². The molecular formula is C15H20FN4O3+. The summed E-state index contributed by atoms with van der Waals surface area (Å²) in [6.07, 6.45) is 1.88. The number of rotatable bonds is 6. The summed E-state index contributed by atoms with van der Waals surface area (Å²) in [7, 11) is 1.66. The lowest BCUT2D eigenvalue weighted by atomic mass is 10.3. The number of carbonyl (C=O) groups excluding carboxylic acids is 3. The van der Waals surface area contributed by atoms with Crippen LogP contribution in [0.2, 0.25) is 0 Å². The molecule has 2 rings (SSSR count). The molecule has 7 nitrogen and oxygen atoms in total. The third-order valence-corrected chi connectivity index (χ3v) is 3.20. The Labute approximate surface area is 133 Å². The molecule has 0 radical (unpaired) electrons. The molecule has 0 saturated heterocycles. The van der Waals surface area contributed by atoms with Crippen molar-refractivity contribution < 1.29 is 23.7 Å². The Morgan fingerprint density at radius 3 is 2.57 bits per heavy atom. The molecular weight excluding hydrogens is 303 g/mol. The SMILES string of the molecule is C[NH+](CC(=O)NC(=O)NC1CC1)CC(=O)Nc1cccc(F)c1. The normalized spacial score (nSPS) is 14.7. The van der Waals surface area contributed by atoms with Crippen molar-refractivity contribution in [1.82, 2.24) is 10.6 Å². The molecule has 1 aromatic rings. The van der Waals surface area contributed by atoms with Crippen LogP contribution in [0.3, 0.4) is 0 Å². The number of imide groups is 1. The fraction of sp³-hybridized carbons (Fsp3) is 0.400. The molecule has 4 N–H and O–H groups in total. The smallest absolute Gasteiger partial charge is 0.321 e. The Morgan fingerprint density at radius 1 is 1.22 bits per heavy atom. The van der Waals surface area contributed by atoms with Crippen LogP contribution < -0.4 is 20.9 Å². The summed E-state index contributed by atoms with van der Waals surface area (Å²) in [5, 5.41) is 7.41. The second-order valence-corrected chi connectivity index (χ2v) is 5.67. The monoisotopic (exact) mass is 323 g/mol. The Balaban J connectivity index is 1.70. The molecule has 124 valence electrons. The van der Waals surface area contributed by atoms with Gasteiger partial charge in [0.1, 0.15) is 5.82 Å². The first-order valence-electron chi connectivity index (χ1n) is 7.39. The maximum atomic E-state index is 13.0. The molecule has 23 heavy (non-hydrogen) atoms. The van der Waals surface area contributed by atoms with Crippen molar-refractivity contribution in [2.45, 2.75) is 18.9 Å². The number of halogens is 1. The number of likely N-dealkylation sites (N-methyl/N-ethyl adjacent to an activating group) is 1. The van der Waals surface area contributed by atoms with Gasteiger partial charge in [0, 0.05) is 11.7 Å². The lowest BCUT2D eigenvalue weighted by Crippen LogP contribution is -3.11. The predicted octanol–water partition coefficient (Wildman–Crippen LogP) is -0.733. The lowest BCUT2D eigenvalue weighted by molar-refractivity contribution is -0.862. The average Bonchev–Trinajstić information content (AvgIpc) is 3.21. The van der Waals surface area contributed by atoms with E-state index in [1.165, 1.54) is 18.2 Å². The largest absolute Gasteiger partial charge is 0.335 e. The van der Waals surface area contributed by atoms with E-state index in [1.54, 1.807) is 13.1 Å². The van der Waals surface area contributed by atoms with Gasteiger partial charge in [-0.15, -0.1) is 0 Å². The Bertz CT molecular complexity index is 604. The second kappa shape index (κ2) is 7.68. The van der Waals surface area contributed by atoms with E-state index >= 15 is 0 Å². The third kappa shape index (κ3) is 6.43. The van der Waals surface area contributed by atoms with Crippen LogP contribution in [-0.2, 0) is 9.59 Å². The van der Waals surface area contributed by atoms with Crippen LogP contribution in [0, 0.1) is 5.82 Å². The summed E-state index contributed by atoms with van der Waals surface area (Å²) in [5.74, 6) is -1.24. The Hall–Kier alpha value is -2.48. The summed E-state index contributed by atoms with van der Waals surface area (Å²) >= 11 is 0. The molecule has 0 heterocycles. The van der Waals surface area contributed by atoms with Crippen LogP contribution in [0.15, 0.2) is 24.3 Å². The average molecular weight is 323 g/mol. The van der Waals surface area contributed by atoms with E-state index in [1.807, 2.05) is 0 Å². The topological polar surface area (TPSA) is 91.7 Å². The van der Waals surface area contributed by atoms with Crippen LogP contribution in [0.1, 0.15) is 12.8 Å². The molecule has 1 saturated carbocycles. The number of anilines is 1. The maximum absolute atomic E-state index is 13.0. The number of hydrogen-bond acceptors (Lipinski definition) is 3. The Kier molecular flexibility index (Phi) is 5.64. The summed E-state index contributed by atoms with van der Waals surface area (Å²) < 4.78 is 13.0. The van der Waals surface area contributed by atoms with Crippen LogP contribution in [0.4, 0.5) is 14.9 Å². The summed E-state index contributed by atoms with van der Waals surface area (Å²) in [4.78, 5) is 35.5. The molecule has 1 aromatic carbocycles. The van der Waals surface area contributed by atoms with Crippen molar-refractivity contribution in [2.24, 2.45) is 0 Å². The van der Waals surface area contributed by atoms with Gasteiger partial charge in [0.15, 0.2) is 13.1 Å². The molecule has 1 aliphatic rings. The number of quaternary nitrogens is 1. The zero-order valence-corrected chi connectivity index (χ0v) is 12.8. The van der Waals surface area contributed by atoms with Crippen molar-refractivity contribution in [3.63, 3.8) is 0 Å². The van der Waals surface area contributed by atoms with E-state index < -0.39 is 17.8 Å². The highest BCUT2D eigenvalue weighted by Crippen LogP contribution is 2.18. The zero-order chi connectivity index (χ0) is 16.8. The predicted molar refractivity (Wildman–Crippen MR) is 81.3 cm³/mol. The van der Waals surface area contributed by atoms with Crippen LogP contribution in [0.5, 0.6) is 0 Å². The van der Waals surface area contributed by atoms with E-state index in [0.29, 0.717) is 10.6 Å². The molecule has 1 atom stereocenters. The molecule has 8 heteroatoms. The van der Waals surface area contributed by atoms with Crippen LogP contribution >= 0.6 is 0 Å².